The average Bonchev–Trinajstić information content (AvgIpc) is 3.22. The molecule has 0 amide bonds. The van der Waals surface area contributed by atoms with E-state index in [-0.39, 0.29) is 0 Å². The van der Waals surface area contributed by atoms with E-state index in [1.165, 1.54) is 53.2 Å². The Balaban J connectivity index is 1.71. The molecule has 0 fully saturated rings. The smallest absolute Gasteiger partial charge is 0.0541 e. The van der Waals surface area contributed by atoms with Gasteiger partial charge in [-0.25, -0.2) is 0 Å². The van der Waals surface area contributed by atoms with Crippen molar-refractivity contribution in [3.8, 4) is 5.69 Å². The van der Waals surface area contributed by atoms with E-state index in [1.54, 1.807) is 0 Å². The Hall–Kier alpha value is -3.10. The molecule has 0 saturated carbocycles. The van der Waals surface area contributed by atoms with Crippen LogP contribution in [0.3, 0.4) is 0 Å². The van der Waals surface area contributed by atoms with Crippen LogP contribution < -0.4 is 0 Å². The normalized spacial score (nSPS) is 11.9. The largest absolute Gasteiger partial charge is 0.309 e. The van der Waals surface area contributed by atoms with E-state index in [9.17, 15) is 0 Å². The molecule has 6 rings (SSSR count). The Morgan fingerprint density at radius 1 is 0.593 bits per heavy atom. The summed E-state index contributed by atoms with van der Waals surface area (Å²) in [6.45, 7) is 2.16. The third kappa shape index (κ3) is 2.11. The molecule has 27 heavy (non-hydrogen) atoms. The van der Waals surface area contributed by atoms with Gasteiger partial charge in [-0.3, -0.25) is 0 Å². The number of hydrogen-bond acceptors (Lipinski definition) is 1. The van der Waals surface area contributed by atoms with Gasteiger partial charge in [0.2, 0.25) is 0 Å². The molecule has 0 radical (unpaired) electrons. The first-order valence-electron chi connectivity index (χ1n) is 9.21. The molecule has 2 heteroatoms. The molecular formula is C25H17NS. The van der Waals surface area contributed by atoms with Gasteiger partial charge in [-0.15, -0.1) is 11.3 Å². The van der Waals surface area contributed by atoms with Crippen LogP contribution in [0.5, 0.6) is 0 Å². The molecule has 0 atom stereocenters. The first-order valence-corrected chi connectivity index (χ1v) is 10.0. The highest BCUT2D eigenvalue weighted by atomic mass is 32.1. The van der Waals surface area contributed by atoms with Gasteiger partial charge in [0, 0.05) is 36.6 Å². The van der Waals surface area contributed by atoms with Gasteiger partial charge < -0.3 is 4.57 Å². The van der Waals surface area contributed by atoms with Crippen molar-refractivity contribution in [2.45, 2.75) is 6.92 Å². The molecule has 0 aliphatic carbocycles. The molecule has 0 bridgehead atoms. The van der Waals surface area contributed by atoms with E-state index in [0.717, 1.165) is 0 Å². The first kappa shape index (κ1) is 15.0. The van der Waals surface area contributed by atoms with Crippen LogP contribution in [0, 0.1) is 6.92 Å². The zero-order chi connectivity index (χ0) is 18.0. The van der Waals surface area contributed by atoms with Gasteiger partial charge in [-0.1, -0.05) is 54.6 Å². The van der Waals surface area contributed by atoms with Gasteiger partial charge in [-0.2, -0.15) is 0 Å². The lowest BCUT2D eigenvalue weighted by molar-refractivity contribution is 1.19. The molecule has 0 unspecified atom stereocenters. The highest BCUT2D eigenvalue weighted by molar-refractivity contribution is 7.25. The maximum atomic E-state index is 2.39. The average molecular weight is 363 g/mol. The summed E-state index contributed by atoms with van der Waals surface area (Å²) < 4.78 is 5.10. The van der Waals surface area contributed by atoms with Gasteiger partial charge in [-0.05, 0) is 42.8 Å². The van der Waals surface area contributed by atoms with Crippen LogP contribution >= 0.6 is 11.3 Å². The summed E-state index contributed by atoms with van der Waals surface area (Å²) >= 11 is 1.88. The lowest BCUT2D eigenvalue weighted by atomic mass is 10.1. The SMILES string of the molecule is Cc1ccc2c(c1)sc1cc(-n3c4ccccc4c4ccccc43)ccc12. The Bertz CT molecular complexity index is 1430. The molecule has 2 heterocycles. The van der Waals surface area contributed by atoms with Crippen molar-refractivity contribution in [3.63, 3.8) is 0 Å². The van der Waals surface area contributed by atoms with Gasteiger partial charge >= 0.3 is 0 Å². The Morgan fingerprint density at radius 2 is 1.19 bits per heavy atom. The molecule has 6 aromatic rings. The number of thiophene rings is 1. The quantitative estimate of drug-likeness (QED) is 0.286. The van der Waals surface area contributed by atoms with Gasteiger partial charge in [0.15, 0.2) is 0 Å². The molecule has 0 N–H and O–H groups in total. The van der Waals surface area contributed by atoms with Crippen LogP contribution in [0.25, 0.3) is 47.7 Å². The van der Waals surface area contributed by atoms with Crippen molar-refractivity contribution in [1.82, 2.24) is 4.57 Å². The molecule has 4 aromatic carbocycles. The fourth-order valence-corrected chi connectivity index (χ4v) is 5.45. The molecule has 128 valence electrons. The Morgan fingerprint density at radius 3 is 1.89 bits per heavy atom. The highest BCUT2D eigenvalue weighted by Gasteiger charge is 2.13. The van der Waals surface area contributed by atoms with E-state index in [1.807, 2.05) is 11.3 Å². The second-order valence-corrected chi connectivity index (χ2v) is 8.24. The second-order valence-electron chi connectivity index (χ2n) is 7.15. The van der Waals surface area contributed by atoms with Crippen molar-refractivity contribution in [2.24, 2.45) is 0 Å². The second kappa shape index (κ2) is 5.45. The van der Waals surface area contributed by atoms with Crippen molar-refractivity contribution >= 4 is 53.3 Å². The number of benzene rings is 4. The minimum atomic E-state index is 1.23. The summed E-state index contributed by atoms with van der Waals surface area (Å²) in [5.74, 6) is 0. The van der Waals surface area contributed by atoms with Crippen molar-refractivity contribution in [3.05, 3.63) is 90.5 Å². The Kier molecular flexibility index (Phi) is 3.03. The third-order valence-electron chi connectivity index (χ3n) is 5.45. The summed E-state index contributed by atoms with van der Waals surface area (Å²) in [4.78, 5) is 0. The van der Waals surface area contributed by atoms with Crippen LogP contribution in [0.1, 0.15) is 5.56 Å². The van der Waals surface area contributed by atoms with E-state index >= 15 is 0 Å². The summed E-state index contributed by atoms with van der Waals surface area (Å²) in [6, 6.07) is 31.0. The predicted molar refractivity (Wildman–Crippen MR) is 118 cm³/mol. The molecular weight excluding hydrogens is 346 g/mol. The molecule has 0 aliphatic heterocycles. The minimum absolute atomic E-state index is 1.23. The van der Waals surface area contributed by atoms with E-state index in [2.05, 4.69) is 96.4 Å². The summed E-state index contributed by atoms with van der Waals surface area (Å²) in [6.07, 6.45) is 0. The fraction of sp³-hybridized carbons (Fsp3) is 0.0400. The van der Waals surface area contributed by atoms with Gasteiger partial charge in [0.25, 0.3) is 0 Å². The number of rotatable bonds is 1. The number of fused-ring (bicyclic) bond motifs is 6. The standard InChI is InChI=1S/C25H17NS/c1-16-10-12-20-21-13-11-17(15-25(21)27-24(20)14-16)26-22-8-4-2-6-18(22)19-7-3-5-9-23(19)26/h2-15H,1H3. The third-order valence-corrected chi connectivity index (χ3v) is 6.57. The van der Waals surface area contributed by atoms with E-state index in [0.29, 0.717) is 0 Å². The molecule has 0 spiro atoms. The highest BCUT2D eigenvalue weighted by Crippen LogP contribution is 2.37. The van der Waals surface area contributed by atoms with Gasteiger partial charge in [0.05, 0.1) is 11.0 Å². The molecule has 0 aliphatic rings. The number of aromatic nitrogens is 1. The topological polar surface area (TPSA) is 4.93 Å². The van der Waals surface area contributed by atoms with Crippen LogP contribution in [0.15, 0.2) is 84.9 Å². The maximum Gasteiger partial charge on any atom is 0.0541 e. The van der Waals surface area contributed by atoms with Crippen LogP contribution in [0.2, 0.25) is 0 Å². The van der Waals surface area contributed by atoms with Crippen molar-refractivity contribution in [2.75, 3.05) is 0 Å². The zero-order valence-corrected chi connectivity index (χ0v) is 15.8. The van der Waals surface area contributed by atoms with Gasteiger partial charge in [0.1, 0.15) is 0 Å². The first-order chi connectivity index (χ1) is 13.3. The lowest BCUT2D eigenvalue weighted by Crippen LogP contribution is -1.92. The summed E-state index contributed by atoms with van der Waals surface area (Å²) in [5.41, 5.74) is 5.06. The van der Waals surface area contributed by atoms with Crippen LogP contribution in [0.4, 0.5) is 0 Å². The summed E-state index contributed by atoms with van der Waals surface area (Å²) in [5, 5.41) is 5.31. The molecule has 2 aromatic heterocycles. The number of aryl methyl sites for hydroxylation is 1. The maximum absolute atomic E-state index is 2.39. The van der Waals surface area contributed by atoms with Crippen molar-refractivity contribution in [1.29, 1.82) is 0 Å². The zero-order valence-electron chi connectivity index (χ0n) is 14.9. The fourth-order valence-electron chi connectivity index (χ4n) is 4.21. The van der Waals surface area contributed by atoms with E-state index < -0.39 is 0 Å². The van der Waals surface area contributed by atoms with Crippen molar-refractivity contribution < 1.29 is 0 Å². The molecule has 0 saturated heterocycles. The number of para-hydroxylation sites is 2. The number of nitrogens with zero attached hydrogens (tertiary/aromatic N) is 1. The monoisotopic (exact) mass is 363 g/mol. The summed E-state index contributed by atoms with van der Waals surface area (Å²) in [7, 11) is 0. The van der Waals surface area contributed by atoms with Crippen LogP contribution in [-0.2, 0) is 0 Å². The van der Waals surface area contributed by atoms with Crippen LogP contribution in [-0.4, -0.2) is 4.57 Å². The lowest BCUT2D eigenvalue weighted by Gasteiger charge is -2.08. The number of hydrogen-bond donors (Lipinski definition) is 0. The minimum Gasteiger partial charge on any atom is -0.309 e. The Labute approximate surface area is 161 Å². The predicted octanol–water partition coefficient (Wildman–Crippen LogP) is 7.46. The molecule has 1 nitrogen and oxygen atoms in total. The van der Waals surface area contributed by atoms with E-state index in [4.69, 9.17) is 0 Å².